The monoisotopic (exact) mass is 222 g/mol. The Bertz CT molecular complexity index is 317. The lowest BCUT2D eigenvalue weighted by molar-refractivity contribution is 0.795. The van der Waals surface area contributed by atoms with Crippen LogP contribution in [0.3, 0.4) is 0 Å². The van der Waals surface area contributed by atoms with Gasteiger partial charge < -0.3 is 5.73 Å². The summed E-state index contributed by atoms with van der Waals surface area (Å²) < 4.78 is 0. The second-order valence-corrected chi connectivity index (χ2v) is 4.25. The molecule has 82 valence electrons. The van der Waals surface area contributed by atoms with Gasteiger partial charge in [-0.1, -0.05) is 37.2 Å². The molecule has 0 spiro atoms. The van der Waals surface area contributed by atoms with Gasteiger partial charge in [0, 0.05) is 0 Å². The molecule has 0 unspecified atom stereocenters. The van der Waals surface area contributed by atoms with Crippen LogP contribution in [0.2, 0.25) is 0 Å². The second kappa shape index (κ2) is 6.51. The largest absolute Gasteiger partial charge is 0.378 e. The van der Waals surface area contributed by atoms with E-state index >= 15 is 0 Å². The van der Waals surface area contributed by atoms with Gasteiger partial charge in [0.2, 0.25) is 0 Å². The number of rotatable bonds is 4. The number of aryl methyl sites for hydroxylation is 1. The molecule has 0 saturated carbocycles. The van der Waals surface area contributed by atoms with Crippen molar-refractivity contribution in [1.82, 2.24) is 0 Å². The van der Waals surface area contributed by atoms with Crippen molar-refractivity contribution in [3.8, 4) is 0 Å². The Morgan fingerprint density at radius 2 is 2.00 bits per heavy atom. The van der Waals surface area contributed by atoms with Crippen LogP contribution < -0.4 is 5.73 Å². The fourth-order valence-corrected chi connectivity index (χ4v) is 1.49. The van der Waals surface area contributed by atoms with Gasteiger partial charge in [-0.3, -0.25) is 0 Å². The van der Waals surface area contributed by atoms with Crippen molar-refractivity contribution in [2.75, 3.05) is 6.26 Å². The van der Waals surface area contributed by atoms with Crippen molar-refractivity contribution < 1.29 is 0 Å². The minimum atomic E-state index is 0.608. The van der Waals surface area contributed by atoms with Gasteiger partial charge in [-0.2, -0.15) is 0 Å². The highest BCUT2D eigenvalue weighted by molar-refractivity contribution is 8.13. The fourth-order valence-electron chi connectivity index (χ4n) is 1.29. The Morgan fingerprint density at radius 1 is 1.33 bits per heavy atom. The summed E-state index contributed by atoms with van der Waals surface area (Å²) in [7, 11) is 0. The molecule has 2 nitrogen and oxygen atoms in total. The molecule has 0 aliphatic rings. The quantitative estimate of drug-likeness (QED) is 0.627. The Labute approximate surface area is 96.0 Å². The molecule has 0 aliphatic heterocycles. The Hall–Kier alpha value is -0.960. The van der Waals surface area contributed by atoms with E-state index in [9.17, 15) is 0 Å². The molecular formula is C12H18N2S. The third kappa shape index (κ3) is 4.38. The molecule has 1 rings (SSSR count). The van der Waals surface area contributed by atoms with E-state index < -0.39 is 0 Å². The van der Waals surface area contributed by atoms with Crippen LogP contribution in [0.4, 0.5) is 5.69 Å². The molecule has 1 aromatic carbocycles. The minimum Gasteiger partial charge on any atom is -0.378 e. The Kier molecular flexibility index (Phi) is 5.26. The third-order valence-electron chi connectivity index (χ3n) is 2.20. The van der Waals surface area contributed by atoms with Crippen molar-refractivity contribution in [3.63, 3.8) is 0 Å². The SMILES string of the molecule is CCCCc1ccc(N=C(N)SC)cc1. The first-order chi connectivity index (χ1) is 7.26. The lowest BCUT2D eigenvalue weighted by atomic mass is 10.1. The molecule has 0 radical (unpaired) electrons. The molecule has 0 atom stereocenters. The fraction of sp³-hybridized carbons (Fsp3) is 0.417. The number of hydrogen-bond donors (Lipinski definition) is 1. The maximum absolute atomic E-state index is 5.64. The maximum Gasteiger partial charge on any atom is 0.158 e. The molecule has 0 aliphatic carbocycles. The molecule has 1 aromatic rings. The molecule has 3 heteroatoms. The van der Waals surface area contributed by atoms with Gasteiger partial charge in [0.15, 0.2) is 5.17 Å². The average molecular weight is 222 g/mol. The summed E-state index contributed by atoms with van der Waals surface area (Å²) in [5, 5.41) is 0.608. The van der Waals surface area contributed by atoms with Gasteiger partial charge in [-0.25, -0.2) is 4.99 Å². The van der Waals surface area contributed by atoms with Gasteiger partial charge in [-0.15, -0.1) is 0 Å². The number of benzene rings is 1. The highest BCUT2D eigenvalue weighted by atomic mass is 32.2. The summed E-state index contributed by atoms with van der Waals surface area (Å²) in [6.07, 6.45) is 5.56. The van der Waals surface area contributed by atoms with Crippen molar-refractivity contribution in [2.24, 2.45) is 10.7 Å². The number of nitrogens with zero attached hydrogens (tertiary/aromatic N) is 1. The molecule has 15 heavy (non-hydrogen) atoms. The molecule has 0 heterocycles. The van der Waals surface area contributed by atoms with Gasteiger partial charge in [0.1, 0.15) is 0 Å². The zero-order chi connectivity index (χ0) is 11.1. The number of hydrogen-bond acceptors (Lipinski definition) is 2. The summed E-state index contributed by atoms with van der Waals surface area (Å²) >= 11 is 1.47. The van der Waals surface area contributed by atoms with Crippen LogP contribution in [-0.4, -0.2) is 11.4 Å². The summed E-state index contributed by atoms with van der Waals surface area (Å²) in [5.41, 5.74) is 7.94. The van der Waals surface area contributed by atoms with Crippen LogP contribution in [0.1, 0.15) is 25.3 Å². The predicted molar refractivity (Wildman–Crippen MR) is 69.9 cm³/mol. The first kappa shape index (κ1) is 12.1. The third-order valence-corrected chi connectivity index (χ3v) is 2.71. The zero-order valence-corrected chi connectivity index (χ0v) is 10.2. The van der Waals surface area contributed by atoms with Crippen molar-refractivity contribution in [3.05, 3.63) is 29.8 Å². The normalized spacial score (nSPS) is 11.7. The second-order valence-electron chi connectivity index (χ2n) is 3.42. The van der Waals surface area contributed by atoms with E-state index in [4.69, 9.17) is 5.73 Å². The molecule has 0 amide bonds. The van der Waals surface area contributed by atoms with Crippen molar-refractivity contribution in [2.45, 2.75) is 26.2 Å². The maximum atomic E-state index is 5.64. The van der Waals surface area contributed by atoms with Crippen LogP contribution in [0.25, 0.3) is 0 Å². The topological polar surface area (TPSA) is 38.4 Å². The van der Waals surface area contributed by atoms with Crippen molar-refractivity contribution >= 4 is 22.6 Å². The van der Waals surface area contributed by atoms with E-state index in [0.29, 0.717) is 5.17 Å². The standard InChI is InChI=1S/C12H18N2S/c1-3-4-5-10-6-8-11(9-7-10)14-12(13)15-2/h6-9H,3-5H2,1-2H3,(H2,13,14). The van der Waals surface area contributed by atoms with Crippen LogP contribution >= 0.6 is 11.8 Å². The molecule has 0 saturated heterocycles. The number of nitrogens with two attached hydrogens (primary N) is 1. The number of amidine groups is 1. The predicted octanol–water partition coefficient (Wildman–Crippen LogP) is 3.34. The molecule has 0 aromatic heterocycles. The molecule has 0 bridgehead atoms. The summed E-state index contributed by atoms with van der Waals surface area (Å²) in [5.74, 6) is 0. The van der Waals surface area contributed by atoms with Crippen LogP contribution in [0.5, 0.6) is 0 Å². The first-order valence-electron chi connectivity index (χ1n) is 5.23. The van der Waals surface area contributed by atoms with Gasteiger partial charge >= 0.3 is 0 Å². The molecular weight excluding hydrogens is 204 g/mol. The first-order valence-corrected chi connectivity index (χ1v) is 6.46. The molecule has 0 fully saturated rings. The number of aliphatic imine (C=N–C) groups is 1. The van der Waals surface area contributed by atoms with E-state index in [-0.39, 0.29) is 0 Å². The average Bonchev–Trinajstić information content (AvgIpc) is 2.28. The van der Waals surface area contributed by atoms with E-state index in [1.54, 1.807) is 0 Å². The Morgan fingerprint density at radius 3 is 2.53 bits per heavy atom. The van der Waals surface area contributed by atoms with Gasteiger partial charge in [-0.05, 0) is 36.8 Å². The van der Waals surface area contributed by atoms with E-state index in [2.05, 4.69) is 24.0 Å². The molecule has 2 N–H and O–H groups in total. The highest BCUT2D eigenvalue weighted by Crippen LogP contribution is 2.15. The summed E-state index contributed by atoms with van der Waals surface area (Å²) in [6.45, 7) is 2.21. The lowest BCUT2D eigenvalue weighted by Crippen LogP contribution is -2.04. The number of unbranched alkanes of at least 4 members (excludes halogenated alkanes) is 1. The van der Waals surface area contributed by atoms with Gasteiger partial charge in [0.05, 0.1) is 5.69 Å². The Balaban J connectivity index is 2.64. The minimum absolute atomic E-state index is 0.608. The van der Waals surface area contributed by atoms with Crippen LogP contribution in [0, 0.1) is 0 Å². The number of thioether (sulfide) groups is 1. The van der Waals surface area contributed by atoms with Crippen LogP contribution in [-0.2, 0) is 6.42 Å². The van der Waals surface area contributed by atoms with E-state index in [1.165, 1.54) is 30.2 Å². The lowest BCUT2D eigenvalue weighted by Gasteiger charge is -2.00. The van der Waals surface area contributed by atoms with Crippen molar-refractivity contribution in [1.29, 1.82) is 0 Å². The van der Waals surface area contributed by atoms with E-state index in [1.807, 2.05) is 18.4 Å². The van der Waals surface area contributed by atoms with Gasteiger partial charge in [0.25, 0.3) is 0 Å². The smallest absolute Gasteiger partial charge is 0.158 e. The summed E-state index contributed by atoms with van der Waals surface area (Å²) in [6, 6.07) is 8.30. The van der Waals surface area contributed by atoms with Crippen LogP contribution in [0.15, 0.2) is 29.3 Å². The highest BCUT2D eigenvalue weighted by Gasteiger charge is 1.94. The summed E-state index contributed by atoms with van der Waals surface area (Å²) in [4.78, 5) is 4.26. The zero-order valence-electron chi connectivity index (χ0n) is 9.36. The van der Waals surface area contributed by atoms with E-state index in [0.717, 1.165) is 12.1 Å².